The fraction of sp³-hybridized carbons (Fsp3) is 0.467. The van der Waals surface area contributed by atoms with Crippen LogP contribution in [0.4, 0.5) is 13.2 Å². The van der Waals surface area contributed by atoms with Gasteiger partial charge in [-0.25, -0.2) is 4.68 Å². The number of aliphatic hydroxyl groups is 1. The summed E-state index contributed by atoms with van der Waals surface area (Å²) in [5.74, 6) is 0. The van der Waals surface area contributed by atoms with Gasteiger partial charge in [0.05, 0.1) is 25.5 Å². The number of morpholine rings is 1. The summed E-state index contributed by atoms with van der Waals surface area (Å²) in [5, 5.41) is 20.5. The largest absolute Gasteiger partial charge is 0.418 e. The number of nitrogens with one attached hydrogen (secondary N) is 1. The van der Waals surface area contributed by atoms with Crippen LogP contribution in [0.15, 0.2) is 30.5 Å². The lowest BCUT2D eigenvalue weighted by Crippen LogP contribution is -2.40. The van der Waals surface area contributed by atoms with Gasteiger partial charge < -0.3 is 15.2 Å². The third kappa shape index (κ3) is 3.92. The summed E-state index contributed by atoms with van der Waals surface area (Å²) >= 11 is 0. The van der Waals surface area contributed by atoms with Crippen LogP contribution in [0.1, 0.15) is 11.7 Å². The van der Waals surface area contributed by atoms with Crippen molar-refractivity contribution in [2.75, 3.05) is 19.7 Å². The second-order valence-electron chi connectivity index (χ2n) is 5.59. The molecule has 0 amide bonds. The Labute approximate surface area is 136 Å². The summed E-state index contributed by atoms with van der Waals surface area (Å²) in [6, 6.07) is 5.44. The number of benzene rings is 1. The number of aliphatic hydroxyl groups excluding tert-OH is 1. The summed E-state index contributed by atoms with van der Waals surface area (Å²) in [6.07, 6.45) is -5.44. The van der Waals surface area contributed by atoms with Crippen molar-refractivity contribution in [3.63, 3.8) is 0 Å². The van der Waals surface area contributed by atoms with Gasteiger partial charge in [-0.05, 0) is 5.56 Å². The number of alkyl halides is 3. The SMILES string of the molecule is OC(c1ccc(-c2cn(CC3CNCCO3)nn2)cc1)C(F)(F)F. The first-order chi connectivity index (χ1) is 11.4. The first kappa shape index (κ1) is 16.9. The number of hydrogen-bond acceptors (Lipinski definition) is 5. The Hall–Kier alpha value is -1.97. The summed E-state index contributed by atoms with van der Waals surface area (Å²) in [5.41, 5.74) is 0.967. The van der Waals surface area contributed by atoms with Gasteiger partial charge in [0.15, 0.2) is 6.10 Å². The molecule has 0 aliphatic carbocycles. The van der Waals surface area contributed by atoms with E-state index in [2.05, 4.69) is 15.6 Å². The maximum absolute atomic E-state index is 12.5. The monoisotopic (exact) mass is 342 g/mol. The Kier molecular flexibility index (Phi) is 4.83. The van der Waals surface area contributed by atoms with E-state index in [9.17, 15) is 18.3 Å². The lowest BCUT2D eigenvalue weighted by Gasteiger charge is -2.23. The lowest BCUT2D eigenvalue weighted by molar-refractivity contribution is -0.206. The van der Waals surface area contributed by atoms with Gasteiger partial charge >= 0.3 is 6.18 Å². The number of ether oxygens (including phenoxy) is 1. The van der Waals surface area contributed by atoms with Crippen LogP contribution in [-0.2, 0) is 11.3 Å². The molecule has 2 heterocycles. The average Bonchev–Trinajstić information content (AvgIpc) is 3.03. The number of nitrogens with zero attached hydrogens (tertiary/aromatic N) is 3. The van der Waals surface area contributed by atoms with Gasteiger partial charge in [0, 0.05) is 18.7 Å². The van der Waals surface area contributed by atoms with Gasteiger partial charge in [0.2, 0.25) is 0 Å². The maximum atomic E-state index is 12.5. The molecule has 0 spiro atoms. The summed E-state index contributed by atoms with van der Waals surface area (Å²) in [7, 11) is 0. The van der Waals surface area contributed by atoms with Crippen LogP contribution >= 0.6 is 0 Å². The van der Waals surface area contributed by atoms with Crippen LogP contribution in [0.25, 0.3) is 11.3 Å². The van der Waals surface area contributed by atoms with Crippen LogP contribution in [0.5, 0.6) is 0 Å². The molecule has 1 aliphatic heterocycles. The molecule has 3 rings (SSSR count). The smallest absolute Gasteiger partial charge is 0.379 e. The zero-order chi connectivity index (χ0) is 17.2. The van der Waals surface area contributed by atoms with Crippen LogP contribution in [0, 0.1) is 0 Å². The highest BCUT2D eigenvalue weighted by Gasteiger charge is 2.39. The maximum Gasteiger partial charge on any atom is 0.418 e. The molecule has 130 valence electrons. The van der Waals surface area contributed by atoms with Crippen LogP contribution in [-0.4, -0.2) is 52.1 Å². The Morgan fingerprint density at radius 2 is 2.08 bits per heavy atom. The molecule has 0 radical (unpaired) electrons. The topological polar surface area (TPSA) is 72.2 Å². The van der Waals surface area contributed by atoms with Crippen molar-refractivity contribution in [1.29, 1.82) is 0 Å². The average molecular weight is 342 g/mol. The molecule has 2 atom stereocenters. The van der Waals surface area contributed by atoms with Crippen LogP contribution in [0.3, 0.4) is 0 Å². The van der Waals surface area contributed by atoms with Crippen molar-refractivity contribution in [2.45, 2.75) is 24.9 Å². The van der Waals surface area contributed by atoms with E-state index in [1.165, 1.54) is 24.3 Å². The van der Waals surface area contributed by atoms with Crippen molar-refractivity contribution in [3.8, 4) is 11.3 Å². The zero-order valence-electron chi connectivity index (χ0n) is 12.7. The van der Waals surface area contributed by atoms with E-state index in [1.54, 1.807) is 10.9 Å². The number of aromatic nitrogens is 3. The molecule has 6 nitrogen and oxygen atoms in total. The van der Waals surface area contributed by atoms with E-state index >= 15 is 0 Å². The number of hydrogen-bond donors (Lipinski definition) is 2. The quantitative estimate of drug-likeness (QED) is 0.882. The van der Waals surface area contributed by atoms with Gasteiger partial charge in [0.25, 0.3) is 0 Å². The van der Waals surface area contributed by atoms with Gasteiger partial charge in [0.1, 0.15) is 5.69 Å². The van der Waals surface area contributed by atoms with E-state index in [-0.39, 0.29) is 11.7 Å². The van der Waals surface area contributed by atoms with Gasteiger partial charge in [-0.2, -0.15) is 13.2 Å². The number of rotatable bonds is 4. The molecule has 1 aromatic carbocycles. The molecule has 9 heteroatoms. The second kappa shape index (κ2) is 6.88. The van der Waals surface area contributed by atoms with E-state index in [1.807, 2.05) is 0 Å². The second-order valence-corrected chi connectivity index (χ2v) is 5.59. The summed E-state index contributed by atoms with van der Waals surface area (Å²) < 4.78 is 44.7. The van der Waals surface area contributed by atoms with Crippen molar-refractivity contribution >= 4 is 0 Å². The number of halogens is 3. The summed E-state index contributed by atoms with van der Waals surface area (Å²) in [6.45, 7) is 2.76. The van der Waals surface area contributed by atoms with Crippen molar-refractivity contribution in [3.05, 3.63) is 36.0 Å². The normalized spacial score (nSPS) is 20.1. The standard InChI is InChI=1S/C15H17F3N4O2/c16-15(17,18)14(23)11-3-1-10(2-4-11)13-9-22(21-20-13)8-12-7-19-5-6-24-12/h1-4,9,12,14,19,23H,5-8H2. The van der Waals surface area contributed by atoms with Gasteiger partial charge in [-0.1, -0.05) is 29.5 Å². The van der Waals surface area contributed by atoms with Crippen LogP contribution in [0.2, 0.25) is 0 Å². The highest BCUT2D eigenvalue weighted by atomic mass is 19.4. The fourth-order valence-corrected chi connectivity index (χ4v) is 2.49. The molecule has 1 fully saturated rings. The fourth-order valence-electron chi connectivity index (χ4n) is 2.49. The van der Waals surface area contributed by atoms with Crippen molar-refractivity contribution in [2.24, 2.45) is 0 Å². The molecule has 0 saturated carbocycles. The molecule has 2 N–H and O–H groups in total. The van der Waals surface area contributed by atoms with E-state index in [0.29, 0.717) is 24.4 Å². The molecule has 24 heavy (non-hydrogen) atoms. The van der Waals surface area contributed by atoms with E-state index in [0.717, 1.165) is 13.1 Å². The summed E-state index contributed by atoms with van der Waals surface area (Å²) in [4.78, 5) is 0. The minimum absolute atomic E-state index is 0.0117. The van der Waals surface area contributed by atoms with Crippen LogP contribution < -0.4 is 5.32 Å². The molecule has 0 bridgehead atoms. The third-order valence-electron chi connectivity index (χ3n) is 3.77. The molecular weight excluding hydrogens is 325 g/mol. The Morgan fingerprint density at radius 3 is 2.71 bits per heavy atom. The molecule has 2 unspecified atom stereocenters. The van der Waals surface area contributed by atoms with Gasteiger partial charge in [-0.15, -0.1) is 5.10 Å². The van der Waals surface area contributed by atoms with Crippen molar-refractivity contribution < 1.29 is 23.0 Å². The predicted molar refractivity (Wildman–Crippen MR) is 79.1 cm³/mol. The van der Waals surface area contributed by atoms with Gasteiger partial charge in [-0.3, -0.25) is 0 Å². The molecule has 1 saturated heterocycles. The zero-order valence-corrected chi connectivity index (χ0v) is 12.7. The minimum Gasteiger partial charge on any atom is -0.379 e. The lowest BCUT2D eigenvalue weighted by atomic mass is 10.1. The highest BCUT2D eigenvalue weighted by molar-refractivity contribution is 5.58. The first-order valence-corrected chi connectivity index (χ1v) is 7.51. The Balaban J connectivity index is 1.68. The molecule has 1 aliphatic rings. The predicted octanol–water partition coefficient (Wildman–Crippen LogP) is 1.53. The highest BCUT2D eigenvalue weighted by Crippen LogP contribution is 2.33. The molecular formula is C15H17F3N4O2. The van der Waals surface area contributed by atoms with E-state index in [4.69, 9.17) is 4.74 Å². The third-order valence-corrected chi connectivity index (χ3v) is 3.77. The molecule has 2 aromatic rings. The first-order valence-electron chi connectivity index (χ1n) is 7.51. The Bertz CT molecular complexity index is 666. The van der Waals surface area contributed by atoms with Crippen molar-refractivity contribution in [1.82, 2.24) is 20.3 Å². The molecule has 1 aromatic heterocycles. The minimum atomic E-state index is -4.68. The Morgan fingerprint density at radius 1 is 1.33 bits per heavy atom. The van der Waals surface area contributed by atoms with E-state index < -0.39 is 12.3 Å².